The fourth-order valence-electron chi connectivity index (χ4n) is 8.33. The maximum absolute atomic E-state index is 13.4. The van der Waals surface area contributed by atoms with Crippen LogP contribution in [0.2, 0.25) is 0 Å². The molecule has 0 atom stereocenters. The Labute approximate surface area is 282 Å². The van der Waals surface area contributed by atoms with E-state index in [4.69, 9.17) is 12.6 Å². The van der Waals surface area contributed by atoms with Gasteiger partial charge in [0.05, 0.1) is 11.0 Å². The molecule has 226 valence electrons. The molecule has 1 spiro atoms. The number of fused-ring (bicyclic) bond motifs is 9. The molecule has 0 bridgehead atoms. The lowest BCUT2D eigenvalue weighted by Crippen LogP contribution is -2.27. The molecular formula is C45H31BO2. The van der Waals surface area contributed by atoms with Gasteiger partial charge in [-0.3, -0.25) is 0 Å². The van der Waals surface area contributed by atoms with E-state index < -0.39 is 0 Å². The van der Waals surface area contributed by atoms with Crippen LogP contribution < -0.4 is 5.46 Å². The van der Waals surface area contributed by atoms with E-state index in [0.29, 0.717) is 11.0 Å². The van der Waals surface area contributed by atoms with Crippen LogP contribution in [-0.2, 0) is 16.8 Å². The number of carbonyl (C=O) groups excluding carboxylic acids is 1. The molecule has 6 aromatic carbocycles. The van der Waals surface area contributed by atoms with E-state index in [9.17, 15) is 4.79 Å². The third-order valence-corrected chi connectivity index (χ3v) is 10.4. The van der Waals surface area contributed by atoms with Crippen molar-refractivity contribution in [2.45, 2.75) is 24.9 Å². The van der Waals surface area contributed by atoms with Gasteiger partial charge in [0.15, 0.2) is 0 Å². The van der Waals surface area contributed by atoms with Gasteiger partial charge in [-0.25, -0.2) is 4.79 Å². The van der Waals surface area contributed by atoms with Crippen molar-refractivity contribution >= 4 is 30.4 Å². The maximum atomic E-state index is 13.4. The first-order valence-electron chi connectivity index (χ1n) is 16.6. The van der Waals surface area contributed by atoms with Crippen molar-refractivity contribution in [2.24, 2.45) is 0 Å². The molecule has 0 saturated carbocycles. The minimum atomic E-state index is -0.365. The van der Waals surface area contributed by atoms with Crippen LogP contribution in [0, 0.1) is 0 Å². The number of esters is 1. The molecule has 9 rings (SSSR count). The van der Waals surface area contributed by atoms with Crippen molar-refractivity contribution in [3.8, 4) is 22.3 Å². The first-order chi connectivity index (χ1) is 23.6. The zero-order chi connectivity index (χ0) is 32.2. The smallest absolute Gasteiger partial charge is 0.339 e. The van der Waals surface area contributed by atoms with Crippen molar-refractivity contribution in [1.82, 2.24) is 0 Å². The number of carbonyl (C=O) groups is 1. The quantitative estimate of drug-likeness (QED) is 0.143. The lowest BCUT2D eigenvalue weighted by atomic mass is 9.67. The van der Waals surface area contributed by atoms with Gasteiger partial charge in [0, 0.05) is 0 Å². The van der Waals surface area contributed by atoms with E-state index in [1.54, 1.807) is 0 Å². The predicted molar refractivity (Wildman–Crippen MR) is 195 cm³/mol. The Morgan fingerprint density at radius 1 is 0.604 bits per heavy atom. The molecule has 3 aliphatic carbocycles. The number of benzene rings is 6. The SMILES string of the molecule is [B]c1ccc(C2=CC3=C(CC2)C2(c4ccccc43)c3ccccc3-c3ccccc32)cc1-c1ccccc1C(=O)OCc1ccccc1. The van der Waals surface area contributed by atoms with Gasteiger partial charge < -0.3 is 4.74 Å². The van der Waals surface area contributed by atoms with E-state index in [-0.39, 0.29) is 18.0 Å². The normalized spacial score (nSPS) is 15.0. The summed E-state index contributed by atoms with van der Waals surface area (Å²) in [4.78, 5) is 13.4. The molecule has 0 heterocycles. The highest BCUT2D eigenvalue weighted by molar-refractivity contribution is 6.36. The molecule has 48 heavy (non-hydrogen) atoms. The summed E-state index contributed by atoms with van der Waals surface area (Å²) in [6.07, 6.45) is 4.26. The van der Waals surface area contributed by atoms with Crippen LogP contribution >= 0.6 is 0 Å². The fraction of sp³-hybridized carbons (Fsp3) is 0.0889. The molecule has 3 heteroatoms. The Hall–Kier alpha value is -5.67. The molecule has 2 radical (unpaired) electrons. The first kappa shape index (κ1) is 28.5. The van der Waals surface area contributed by atoms with Gasteiger partial charge in [-0.15, -0.1) is 0 Å². The van der Waals surface area contributed by atoms with Gasteiger partial charge in [-0.05, 0) is 97.3 Å². The zero-order valence-electron chi connectivity index (χ0n) is 26.4. The molecule has 3 aliphatic rings. The van der Waals surface area contributed by atoms with Crippen molar-refractivity contribution in [3.05, 3.63) is 196 Å². The van der Waals surface area contributed by atoms with Crippen LogP contribution in [0.25, 0.3) is 33.4 Å². The largest absolute Gasteiger partial charge is 0.457 e. The number of allylic oxidation sites excluding steroid dienone is 4. The van der Waals surface area contributed by atoms with E-state index in [2.05, 4.69) is 91.0 Å². The van der Waals surface area contributed by atoms with Crippen LogP contribution in [-0.4, -0.2) is 13.8 Å². The lowest BCUT2D eigenvalue weighted by Gasteiger charge is -2.34. The van der Waals surface area contributed by atoms with Gasteiger partial charge in [0.25, 0.3) is 0 Å². The first-order valence-corrected chi connectivity index (χ1v) is 16.6. The Morgan fingerprint density at radius 2 is 1.19 bits per heavy atom. The number of ether oxygens (including phenoxy) is 1. The number of hydrogen-bond donors (Lipinski definition) is 0. The summed E-state index contributed by atoms with van der Waals surface area (Å²) in [5.74, 6) is -0.365. The molecular weight excluding hydrogens is 583 g/mol. The Bertz CT molecular complexity index is 2280. The van der Waals surface area contributed by atoms with Crippen LogP contribution in [0.4, 0.5) is 0 Å². The highest BCUT2D eigenvalue weighted by atomic mass is 16.5. The standard InChI is InChI=1S/C45H31BO2/c46-43-25-23-31(27-38(43)32-14-4-5-18-36(32)44(47)48-28-29-12-2-1-3-13-29)30-22-24-42-37(26-30)35-17-8-11-21-41(35)45(42)39-19-9-6-15-33(39)34-16-7-10-20-40(34)45/h1-21,23,25-27H,22,24,28H2. The fourth-order valence-corrected chi connectivity index (χ4v) is 8.33. The van der Waals surface area contributed by atoms with Gasteiger partial charge in [0.1, 0.15) is 14.5 Å². The Balaban J connectivity index is 1.14. The number of hydrogen-bond acceptors (Lipinski definition) is 2. The van der Waals surface area contributed by atoms with E-state index in [1.807, 2.05) is 60.7 Å². The van der Waals surface area contributed by atoms with Crippen molar-refractivity contribution < 1.29 is 9.53 Å². The third-order valence-electron chi connectivity index (χ3n) is 10.4. The minimum Gasteiger partial charge on any atom is -0.457 e. The molecule has 0 aliphatic heterocycles. The average molecular weight is 615 g/mol. The second-order valence-corrected chi connectivity index (χ2v) is 12.9. The Kier molecular flexibility index (Phi) is 6.69. The van der Waals surface area contributed by atoms with Gasteiger partial charge >= 0.3 is 5.97 Å². The highest BCUT2D eigenvalue weighted by Gasteiger charge is 2.52. The topological polar surface area (TPSA) is 26.3 Å². The molecule has 0 fully saturated rings. The molecule has 0 saturated heterocycles. The molecule has 2 nitrogen and oxygen atoms in total. The van der Waals surface area contributed by atoms with Crippen molar-refractivity contribution in [2.75, 3.05) is 0 Å². The van der Waals surface area contributed by atoms with Gasteiger partial charge in [-0.2, -0.15) is 0 Å². The molecule has 0 aromatic heterocycles. The van der Waals surface area contributed by atoms with Crippen LogP contribution in [0.5, 0.6) is 0 Å². The van der Waals surface area contributed by atoms with Crippen molar-refractivity contribution in [3.63, 3.8) is 0 Å². The zero-order valence-corrected chi connectivity index (χ0v) is 26.4. The maximum Gasteiger partial charge on any atom is 0.339 e. The lowest BCUT2D eigenvalue weighted by molar-refractivity contribution is 0.0473. The summed E-state index contributed by atoms with van der Waals surface area (Å²) in [6, 6.07) is 50.4. The molecule has 0 N–H and O–H groups in total. The Morgan fingerprint density at radius 3 is 1.90 bits per heavy atom. The summed E-state index contributed by atoms with van der Waals surface area (Å²) in [5, 5.41) is 0. The summed E-state index contributed by atoms with van der Waals surface area (Å²) < 4.78 is 5.74. The summed E-state index contributed by atoms with van der Waals surface area (Å²) in [5.41, 5.74) is 16.7. The average Bonchev–Trinajstić information content (AvgIpc) is 3.61. The predicted octanol–water partition coefficient (Wildman–Crippen LogP) is 9.46. The van der Waals surface area contributed by atoms with Gasteiger partial charge in [0.2, 0.25) is 0 Å². The summed E-state index contributed by atoms with van der Waals surface area (Å²) >= 11 is 0. The molecule has 0 unspecified atom stereocenters. The molecule has 6 aromatic rings. The monoisotopic (exact) mass is 614 g/mol. The second-order valence-electron chi connectivity index (χ2n) is 12.9. The van der Waals surface area contributed by atoms with Crippen LogP contribution in [0.15, 0.2) is 157 Å². The van der Waals surface area contributed by atoms with E-state index in [0.717, 1.165) is 35.1 Å². The summed E-state index contributed by atoms with van der Waals surface area (Å²) in [6.45, 7) is 0.214. The highest BCUT2D eigenvalue weighted by Crippen LogP contribution is 2.64. The van der Waals surface area contributed by atoms with Gasteiger partial charge in [-0.1, -0.05) is 145 Å². The minimum absolute atomic E-state index is 0.214. The van der Waals surface area contributed by atoms with E-state index >= 15 is 0 Å². The van der Waals surface area contributed by atoms with Crippen LogP contribution in [0.3, 0.4) is 0 Å². The number of rotatable bonds is 5. The van der Waals surface area contributed by atoms with Crippen molar-refractivity contribution in [1.29, 1.82) is 0 Å². The van der Waals surface area contributed by atoms with Crippen LogP contribution in [0.1, 0.15) is 56.6 Å². The van der Waals surface area contributed by atoms with E-state index in [1.165, 1.54) is 50.1 Å². The third kappa shape index (κ3) is 4.24. The summed E-state index contributed by atoms with van der Waals surface area (Å²) in [7, 11) is 6.62. The second kappa shape index (κ2) is 11.2. The molecule has 0 amide bonds.